The minimum atomic E-state index is -0.357. The van der Waals surface area contributed by atoms with Crippen molar-refractivity contribution in [3.05, 3.63) is 59.9 Å². The molecule has 156 valence electrons. The molecule has 3 aromatic rings. The van der Waals surface area contributed by atoms with E-state index in [-0.39, 0.29) is 17.1 Å². The van der Waals surface area contributed by atoms with Gasteiger partial charge in [0.1, 0.15) is 12.4 Å². The zero-order valence-electron chi connectivity index (χ0n) is 17.1. The van der Waals surface area contributed by atoms with Crippen LogP contribution in [0.15, 0.2) is 53.7 Å². The highest BCUT2D eigenvalue weighted by atomic mass is 32.2. The van der Waals surface area contributed by atoms with Gasteiger partial charge in [-0.2, -0.15) is 0 Å². The number of para-hydroxylation sites is 2. The maximum absolute atomic E-state index is 13.0. The normalized spacial score (nSPS) is 16.2. The van der Waals surface area contributed by atoms with Crippen LogP contribution in [0.3, 0.4) is 0 Å². The average Bonchev–Trinajstić information content (AvgIpc) is 3.16. The molecule has 8 heteroatoms. The summed E-state index contributed by atoms with van der Waals surface area (Å²) in [7, 11) is 3.49. The lowest BCUT2D eigenvalue weighted by Crippen LogP contribution is -2.24. The largest absolute Gasteiger partial charge is 0.497 e. The van der Waals surface area contributed by atoms with Gasteiger partial charge in [-0.15, -0.1) is 10.2 Å². The van der Waals surface area contributed by atoms with Crippen molar-refractivity contribution in [2.24, 2.45) is 7.05 Å². The van der Waals surface area contributed by atoms with Crippen molar-refractivity contribution >= 4 is 17.5 Å². The maximum Gasteiger partial charge on any atom is 0.192 e. The van der Waals surface area contributed by atoms with E-state index < -0.39 is 0 Å². The lowest BCUT2D eigenvalue weighted by Gasteiger charge is -2.25. The van der Waals surface area contributed by atoms with Crippen LogP contribution in [-0.2, 0) is 7.05 Å². The second-order valence-corrected chi connectivity index (χ2v) is 8.04. The Kier molecular flexibility index (Phi) is 5.94. The van der Waals surface area contributed by atoms with Gasteiger partial charge >= 0.3 is 0 Å². The van der Waals surface area contributed by atoms with Gasteiger partial charge in [0.15, 0.2) is 34.4 Å². The molecule has 1 aliphatic rings. The van der Waals surface area contributed by atoms with Crippen LogP contribution in [0.5, 0.6) is 17.2 Å². The van der Waals surface area contributed by atoms with Gasteiger partial charge in [-0.3, -0.25) is 4.79 Å². The molecule has 4 rings (SSSR count). The van der Waals surface area contributed by atoms with Crippen LogP contribution in [0.25, 0.3) is 0 Å². The number of ketones is 1. The number of nitrogens with zero attached hydrogens (tertiary/aromatic N) is 3. The van der Waals surface area contributed by atoms with E-state index in [1.54, 1.807) is 31.4 Å². The van der Waals surface area contributed by atoms with Crippen molar-refractivity contribution in [1.29, 1.82) is 0 Å². The number of carbonyl (C=O) groups excluding carboxylic acids is 1. The third-order valence-electron chi connectivity index (χ3n) is 4.95. The number of benzene rings is 2. The van der Waals surface area contributed by atoms with Crippen molar-refractivity contribution in [3.63, 3.8) is 0 Å². The molecule has 0 radical (unpaired) electrons. The van der Waals surface area contributed by atoms with Crippen LogP contribution in [-0.4, -0.2) is 39.5 Å². The van der Waals surface area contributed by atoms with E-state index in [9.17, 15) is 4.79 Å². The third-order valence-corrected chi connectivity index (χ3v) is 6.35. The topological polar surface area (TPSA) is 75.5 Å². The van der Waals surface area contributed by atoms with Gasteiger partial charge in [-0.05, 0) is 42.8 Å². The van der Waals surface area contributed by atoms with Crippen molar-refractivity contribution < 1.29 is 19.0 Å². The number of aromatic nitrogens is 3. The van der Waals surface area contributed by atoms with Crippen molar-refractivity contribution in [2.45, 2.75) is 29.9 Å². The summed E-state index contributed by atoms with van der Waals surface area (Å²) in [6.45, 7) is 2.35. The van der Waals surface area contributed by atoms with E-state index in [4.69, 9.17) is 14.2 Å². The molecule has 2 atom stereocenters. The zero-order valence-corrected chi connectivity index (χ0v) is 17.9. The van der Waals surface area contributed by atoms with Crippen LogP contribution in [0.4, 0.5) is 0 Å². The Morgan fingerprint density at radius 1 is 1.20 bits per heavy atom. The summed E-state index contributed by atoms with van der Waals surface area (Å²) in [5, 5.41) is 9.02. The van der Waals surface area contributed by atoms with Gasteiger partial charge in [-0.1, -0.05) is 30.8 Å². The lowest BCUT2D eigenvalue weighted by atomic mass is 10.1. The minimum absolute atomic E-state index is 0.0564. The fourth-order valence-electron chi connectivity index (χ4n) is 3.25. The Labute approximate surface area is 179 Å². The number of methoxy groups -OCH3 is 1. The molecular formula is C22H23N3O4S. The summed E-state index contributed by atoms with van der Waals surface area (Å²) in [6, 6.07) is 14.7. The summed E-state index contributed by atoms with van der Waals surface area (Å²) in [5.41, 5.74) is 0.651. The highest BCUT2D eigenvalue weighted by Crippen LogP contribution is 2.36. The van der Waals surface area contributed by atoms with Gasteiger partial charge in [-0.25, -0.2) is 0 Å². The average molecular weight is 426 g/mol. The third kappa shape index (κ3) is 4.00. The molecule has 0 fully saturated rings. The van der Waals surface area contributed by atoms with Gasteiger partial charge in [0, 0.05) is 12.6 Å². The van der Waals surface area contributed by atoms with Crippen molar-refractivity contribution in [2.75, 3.05) is 13.7 Å². The van der Waals surface area contributed by atoms with E-state index in [1.807, 2.05) is 42.8 Å². The molecule has 0 saturated carbocycles. The summed E-state index contributed by atoms with van der Waals surface area (Å²) < 4.78 is 18.9. The lowest BCUT2D eigenvalue weighted by molar-refractivity contribution is 0.0825. The Hall–Kier alpha value is -3.00. The number of carbonyl (C=O) groups is 1. The van der Waals surface area contributed by atoms with E-state index in [0.29, 0.717) is 35.3 Å². The number of thioether (sulfide) groups is 1. The summed E-state index contributed by atoms with van der Waals surface area (Å²) in [6.07, 6.45) is 0.317. The van der Waals surface area contributed by atoms with E-state index >= 15 is 0 Å². The monoisotopic (exact) mass is 425 g/mol. The highest BCUT2D eigenvalue weighted by Gasteiger charge is 2.29. The molecule has 0 aliphatic carbocycles. The first-order valence-electron chi connectivity index (χ1n) is 9.73. The SMILES string of the molecule is CCC(Sc1nnc(C2COc3ccccc3O2)n1C)C(=O)c1ccc(OC)cc1. The number of rotatable bonds is 7. The van der Waals surface area contributed by atoms with Crippen LogP contribution in [0.2, 0.25) is 0 Å². The number of Topliss-reactive ketones (excluding diaryl/α,β-unsaturated/α-hetero) is 1. The molecule has 0 saturated heterocycles. The van der Waals surface area contributed by atoms with E-state index in [2.05, 4.69) is 10.2 Å². The number of hydrogen-bond donors (Lipinski definition) is 0. The smallest absolute Gasteiger partial charge is 0.192 e. The predicted molar refractivity (Wildman–Crippen MR) is 114 cm³/mol. The molecule has 0 N–H and O–H groups in total. The highest BCUT2D eigenvalue weighted by molar-refractivity contribution is 8.00. The van der Waals surface area contributed by atoms with Gasteiger partial charge < -0.3 is 18.8 Å². The molecule has 2 aromatic carbocycles. The van der Waals surface area contributed by atoms with E-state index in [1.165, 1.54) is 11.8 Å². The molecule has 7 nitrogen and oxygen atoms in total. The second-order valence-electron chi connectivity index (χ2n) is 6.87. The molecule has 0 spiro atoms. The summed E-state index contributed by atoms with van der Waals surface area (Å²) >= 11 is 1.41. The second kappa shape index (κ2) is 8.79. The molecule has 30 heavy (non-hydrogen) atoms. The molecule has 1 aliphatic heterocycles. The molecule has 0 amide bonds. The molecule has 2 heterocycles. The maximum atomic E-state index is 13.0. The number of fused-ring (bicyclic) bond motifs is 1. The first-order valence-corrected chi connectivity index (χ1v) is 10.6. The van der Waals surface area contributed by atoms with Crippen molar-refractivity contribution in [1.82, 2.24) is 14.8 Å². The quantitative estimate of drug-likeness (QED) is 0.417. The fraction of sp³-hybridized carbons (Fsp3) is 0.318. The van der Waals surface area contributed by atoms with Crippen molar-refractivity contribution in [3.8, 4) is 17.2 Å². The Morgan fingerprint density at radius 2 is 1.93 bits per heavy atom. The van der Waals surface area contributed by atoms with Crippen LogP contribution in [0, 0.1) is 0 Å². The molecule has 2 unspecified atom stereocenters. The van der Waals surface area contributed by atoms with Crippen LogP contribution < -0.4 is 14.2 Å². The Bertz CT molecular complexity index is 1040. The van der Waals surface area contributed by atoms with Gasteiger partial charge in [0.25, 0.3) is 0 Å². The van der Waals surface area contributed by atoms with Crippen LogP contribution in [0.1, 0.15) is 35.6 Å². The summed E-state index contributed by atoms with van der Waals surface area (Å²) in [5.74, 6) is 2.86. The fourth-order valence-corrected chi connectivity index (χ4v) is 4.25. The van der Waals surface area contributed by atoms with Gasteiger partial charge in [0.05, 0.1) is 12.4 Å². The Balaban J connectivity index is 1.49. The Morgan fingerprint density at radius 3 is 2.63 bits per heavy atom. The van der Waals surface area contributed by atoms with Gasteiger partial charge in [0.2, 0.25) is 0 Å². The first kappa shape index (κ1) is 20.3. The number of ether oxygens (including phenoxy) is 3. The zero-order chi connectivity index (χ0) is 21.1. The number of hydrogen-bond acceptors (Lipinski definition) is 7. The standard InChI is InChI=1S/C22H23N3O4S/c1-4-19(20(26)14-9-11-15(27-3)12-10-14)30-22-24-23-21(25(22)2)18-13-28-16-7-5-6-8-17(16)29-18/h5-12,18-19H,4,13H2,1-3H3. The summed E-state index contributed by atoms with van der Waals surface area (Å²) in [4.78, 5) is 13.0. The first-order chi connectivity index (χ1) is 14.6. The van der Waals surface area contributed by atoms with Crippen LogP contribution >= 0.6 is 11.8 Å². The minimum Gasteiger partial charge on any atom is -0.497 e. The van der Waals surface area contributed by atoms with E-state index in [0.717, 1.165) is 11.5 Å². The molecular weight excluding hydrogens is 402 g/mol. The molecule has 0 bridgehead atoms. The molecule has 1 aromatic heterocycles. The predicted octanol–water partition coefficient (Wildman–Crippen LogP) is 4.09.